The molecule has 6 aromatic rings. The van der Waals surface area contributed by atoms with Crippen LogP contribution in [-0.4, -0.2) is 155 Å². The summed E-state index contributed by atoms with van der Waals surface area (Å²) < 4.78 is 119. The average molecular weight is 1280 g/mol. The van der Waals surface area contributed by atoms with Crippen LogP contribution in [-0.2, 0) is 28.8 Å². The molecule has 4 aliphatic rings. The van der Waals surface area contributed by atoms with Crippen molar-refractivity contribution in [2.75, 3.05) is 65.4 Å². The summed E-state index contributed by atoms with van der Waals surface area (Å²) in [6, 6.07) is 23.8. The van der Waals surface area contributed by atoms with Gasteiger partial charge in [0.05, 0.1) is 0 Å². The van der Waals surface area contributed by atoms with Gasteiger partial charge in [0.15, 0.2) is 0 Å². The molecule has 0 spiro atoms. The van der Waals surface area contributed by atoms with Crippen LogP contribution in [0.2, 0.25) is 0 Å². The van der Waals surface area contributed by atoms with Crippen molar-refractivity contribution in [1.29, 1.82) is 0 Å². The number of carbonyl (C=O) groups is 6. The Labute approximate surface area is 519 Å². The van der Waals surface area contributed by atoms with Crippen molar-refractivity contribution in [3.8, 4) is 0 Å². The van der Waals surface area contributed by atoms with E-state index >= 15 is 0 Å². The van der Waals surface area contributed by atoms with Gasteiger partial charge in [-0.05, 0) is 185 Å². The molecule has 2 unspecified atom stereocenters. The number of nitrogens with one attached hydrogen (secondary N) is 5. The van der Waals surface area contributed by atoms with Crippen LogP contribution in [0.4, 0.5) is 43.9 Å². The van der Waals surface area contributed by atoms with E-state index in [2.05, 4.69) is 96.6 Å². The van der Waals surface area contributed by atoms with Crippen LogP contribution in [0, 0.1) is 35.1 Å². The van der Waals surface area contributed by atoms with Gasteiger partial charge in [0.25, 0.3) is 0 Å². The lowest BCUT2D eigenvalue weighted by molar-refractivity contribution is -0.193. The van der Waals surface area contributed by atoms with Crippen LogP contribution in [0.1, 0.15) is 99.3 Å². The zero-order valence-corrected chi connectivity index (χ0v) is 50.3. The molecule has 15 nitrogen and oxygen atoms in total. The van der Waals surface area contributed by atoms with Crippen molar-refractivity contribution in [2.24, 2.45) is 11.8 Å². The Morgan fingerprint density at radius 2 is 0.912 bits per heavy atom. The first-order valence-electron chi connectivity index (χ1n) is 30.1. The van der Waals surface area contributed by atoms with E-state index in [-0.39, 0.29) is 29.3 Å². The van der Waals surface area contributed by atoms with Crippen LogP contribution in [0.15, 0.2) is 109 Å². The molecule has 0 aliphatic carbocycles. The maximum atomic E-state index is 13.4. The highest BCUT2D eigenvalue weighted by molar-refractivity contribution is 6.41. The van der Waals surface area contributed by atoms with Gasteiger partial charge in [-0.15, -0.1) is 0 Å². The zero-order chi connectivity index (χ0) is 66.0. The van der Waals surface area contributed by atoms with Gasteiger partial charge < -0.3 is 35.9 Å². The summed E-state index contributed by atoms with van der Waals surface area (Å²) in [6.07, 6.45) is 6.27. The Bertz CT molecular complexity index is 3440. The van der Waals surface area contributed by atoms with Crippen molar-refractivity contribution in [1.82, 2.24) is 40.6 Å². The predicted octanol–water partition coefficient (Wildman–Crippen LogP) is 11.2. The second kappa shape index (κ2) is 32.7. The highest BCUT2D eigenvalue weighted by Gasteiger charge is 2.54. The number of benzene rings is 4. The maximum absolute atomic E-state index is 13.4. The van der Waals surface area contributed by atoms with Gasteiger partial charge in [0.2, 0.25) is 17.7 Å². The molecule has 4 fully saturated rings. The van der Waals surface area contributed by atoms with E-state index in [1.807, 2.05) is 0 Å². The van der Waals surface area contributed by atoms with E-state index in [1.54, 1.807) is 18.7 Å². The molecule has 0 radical (unpaired) electrons. The number of H-pyrrole nitrogens is 2. The summed E-state index contributed by atoms with van der Waals surface area (Å²) in [5.41, 5.74) is 5.79. The molecule has 6 N–H and O–H groups in total. The smallest absolute Gasteiger partial charge is 0.458 e. The van der Waals surface area contributed by atoms with Crippen LogP contribution >= 0.6 is 0 Å². The molecule has 3 amide bonds. The molecular weight excluding hydrogens is 1210 g/mol. The van der Waals surface area contributed by atoms with E-state index < -0.39 is 53.2 Å². The first-order chi connectivity index (χ1) is 43.2. The standard InChI is InChI=1S/C31H36F2N4O2.C22H32N4O.C9H6F2O2.C4F6O2/c1-21(38)34-20-30(36-12-8-23(9-13-36)28-19-35-29-5-3-2-4-27(28)29)24-10-14-37(15-11-24)31(39)7-6-22-16-25(32)18-26(33)17-22;1-16(27)24-15-22(18-6-10-23-11-7-18)26-12-8-17(9-13-26)20-14-25-21-5-3-2-4-19(20)21;10-7-3-6(1-2-9(12)13)4-8(11)5-7;5-3(6,7)1(11)2(12)4(8,9)10/h2-7,16-19,23-24,30,35H,8-15,20H2,1H3,(H,34,38);2-5,14,17-18,22-23,25H,6-13,15H2,1H3,(H,24,27);1-5H,(H,12,13);/b7-6+;;2-1+;. The number of amides is 3. The normalized spacial score (nSPS) is 17.5. The van der Waals surface area contributed by atoms with E-state index in [0.29, 0.717) is 54.9 Å². The number of piperidine rings is 4. The van der Waals surface area contributed by atoms with Crippen molar-refractivity contribution < 1.29 is 77.8 Å². The summed E-state index contributed by atoms with van der Waals surface area (Å²) in [5, 5.41) is 20.5. The fourth-order valence-electron chi connectivity index (χ4n) is 12.4. The maximum Gasteiger partial charge on any atom is 0.458 e. The molecule has 2 atom stereocenters. The van der Waals surface area contributed by atoms with Gasteiger partial charge in [-0.1, -0.05) is 36.4 Å². The highest BCUT2D eigenvalue weighted by atomic mass is 19.4. The predicted molar refractivity (Wildman–Crippen MR) is 324 cm³/mol. The molecule has 2 aromatic heterocycles. The third-order valence-corrected chi connectivity index (χ3v) is 16.9. The average Bonchev–Trinajstić information content (AvgIpc) is 1.84. The van der Waals surface area contributed by atoms with Gasteiger partial charge in [0, 0.05) is 111 Å². The molecule has 4 aliphatic heterocycles. The molecule has 10 rings (SSSR count). The van der Waals surface area contributed by atoms with E-state index in [0.717, 1.165) is 108 Å². The summed E-state index contributed by atoms with van der Waals surface area (Å²) in [7, 11) is 0. The third-order valence-electron chi connectivity index (χ3n) is 16.9. The summed E-state index contributed by atoms with van der Waals surface area (Å²) in [6.45, 7) is 12.2. The molecular formula is C66H74F10N8O7. The number of carbonyl (C=O) groups excluding carboxylic acids is 5. The monoisotopic (exact) mass is 1280 g/mol. The molecule has 91 heavy (non-hydrogen) atoms. The van der Waals surface area contributed by atoms with Crippen LogP contribution in [0.25, 0.3) is 34.0 Å². The number of aromatic nitrogens is 2. The van der Waals surface area contributed by atoms with Crippen molar-refractivity contribution in [3.63, 3.8) is 0 Å². The molecule has 25 heteroatoms. The number of carboxylic acids is 1. The number of alkyl halides is 6. The summed E-state index contributed by atoms with van der Waals surface area (Å²) in [4.78, 5) is 79.2. The van der Waals surface area contributed by atoms with Gasteiger partial charge in [-0.3, -0.25) is 33.8 Å². The van der Waals surface area contributed by atoms with Crippen LogP contribution in [0.3, 0.4) is 0 Å². The lowest BCUT2D eigenvalue weighted by atomic mass is 9.84. The minimum Gasteiger partial charge on any atom is -0.478 e. The fourth-order valence-corrected chi connectivity index (χ4v) is 12.4. The summed E-state index contributed by atoms with van der Waals surface area (Å²) >= 11 is 0. The number of hydrogen-bond donors (Lipinski definition) is 6. The Kier molecular flexibility index (Phi) is 25.3. The van der Waals surface area contributed by atoms with Crippen molar-refractivity contribution in [2.45, 2.75) is 101 Å². The molecule has 4 aromatic carbocycles. The van der Waals surface area contributed by atoms with Gasteiger partial charge >= 0.3 is 29.9 Å². The SMILES string of the molecule is CC(=O)NCC(C1CCN(C(=O)/C=C/c2cc(F)cc(F)c2)CC1)N1CCC(c2c[nH]c3ccccc23)CC1.CC(=O)NCC(C1CCNCC1)N1CCC(c2c[nH]c3ccccc23)CC1.O=C(C(=O)C(F)(F)F)C(F)(F)F.O=C(O)/C=C/c1cc(F)cc(F)c1. The van der Waals surface area contributed by atoms with Gasteiger partial charge in [0.1, 0.15) is 23.3 Å². The number of aliphatic carboxylic acids is 1. The Hall–Kier alpha value is -8.16. The Balaban J connectivity index is 0.000000194. The number of hydrogen-bond acceptors (Lipinski definition) is 9. The highest BCUT2D eigenvalue weighted by Crippen LogP contribution is 2.37. The Morgan fingerprint density at radius 1 is 0.538 bits per heavy atom. The molecule has 0 bridgehead atoms. The number of nitrogens with zero attached hydrogens (tertiary/aromatic N) is 3. The number of carboxylic acid groups (broad SMARTS) is 1. The van der Waals surface area contributed by atoms with Gasteiger partial charge in [-0.2, -0.15) is 26.3 Å². The number of rotatable bonds is 15. The number of likely N-dealkylation sites (tertiary alicyclic amines) is 3. The van der Waals surface area contributed by atoms with Crippen molar-refractivity contribution in [3.05, 3.63) is 155 Å². The molecule has 0 saturated carbocycles. The minimum atomic E-state index is -5.77. The zero-order valence-electron chi connectivity index (χ0n) is 50.3. The van der Waals surface area contributed by atoms with E-state index in [9.17, 15) is 72.7 Å². The minimum absolute atomic E-state index is 0.0276. The Morgan fingerprint density at radius 3 is 1.29 bits per heavy atom. The quantitative estimate of drug-likeness (QED) is 0.0327. The van der Waals surface area contributed by atoms with Crippen molar-refractivity contribution >= 4 is 69.2 Å². The first-order valence-corrected chi connectivity index (χ1v) is 30.1. The first kappa shape index (κ1) is 70.3. The number of Topliss-reactive ketones (excluding diaryl/α,β-unsaturated/α-hetero) is 2. The number of halogens is 10. The second-order valence-electron chi connectivity index (χ2n) is 23.0. The molecule has 4 saturated heterocycles. The third kappa shape index (κ3) is 20.9. The fraction of sp³-hybridized carbons (Fsp3) is 0.424. The van der Waals surface area contributed by atoms with Crippen LogP contribution in [0.5, 0.6) is 0 Å². The number of para-hydroxylation sites is 2. The van der Waals surface area contributed by atoms with Gasteiger partial charge in [-0.25, -0.2) is 22.4 Å². The van der Waals surface area contributed by atoms with E-state index in [1.165, 1.54) is 82.9 Å². The van der Waals surface area contributed by atoms with E-state index in [4.69, 9.17) is 5.11 Å². The van der Waals surface area contributed by atoms with Crippen LogP contribution < -0.4 is 16.0 Å². The number of ketones is 2. The molecule has 6 heterocycles. The largest absolute Gasteiger partial charge is 0.478 e. The number of fused-ring (bicyclic) bond motifs is 2. The summed E-state index contributed by atoms with van der Waals surface area (Å²) in [5.74, 6) is -8.68. The lowest BCUT2D eigenvalue weighted by Crippen LogP contribution is -2.53. The molecule has 490 valence electrons. The lowest BCUT2D eigenvalue weighted by Gasteiger charge is -2.44. The number of aromatic amines is 2. The second-order valence-corrected chi connectivity index (χ2v) is 23.0. The topological polar surface area (TPSA) is 200 Å².